The molecule has 8 heteroatoms. The molecule has 0 aliphatic carbocycles. The highest BCUT2D eigenvalue weighted by Crippen LogP contribution is 2.40. The number of hydrogen-bond donors (Lipinski definition) is 2. The van der Waals surface area contributed by atoms with Crippen LogP contribution in [0.1, 0.15) is 30.7 Å². The molecule has 0 saturated carbocycles. The molecule has 1 atom stereocenters. The summed E-state index contributed by atoms with van der Waals surface area (Å²) in [6.45, 7) is 4.35. The van der Waals surface area contributed by atoms with Crippen LogP contribution < -0.4 is 5.73 Å². The number of nitrogens with zero attached hydrogens (tertiary/aromatic N) is 3. The Bertz CT molecular complexity index is 1040. The Balaban J connectivity index is 2.24. The molecule has 1 aromatic carbocycles. The van der Waals surface area contributed by atoms with Crippen molar-refractivity contribution in [2.45, 2.75) is 32.5 Å². The first-order valence-electron chi connectivity index (χ1n) is 8.23. The fraction of sp³-hybridized carbons (Fsp3) is 0.263. The van der Waals surface area contributed by atoms with E-state index in [-0.39, 0.29) is 11.4 Å². The Labute approximate surface area is 154 Å². The number of alkyl halides is 3. The van der Waals surface area contributed by atoms with Crippen LogP contribution in [-0.2, 0) is 5.60 Å². The van der Waals surface area contributed by atoms with Gasteiger partial charge in [0.05, 0.1) is 17.6 Å². The summed E-state index contributed by atoms with van der Waals surface area (Å²) in [6, 6.07) is 4.15. The molecule has 3 aromatic rings. The van der Waals surface area contributed by atoms with Gasteiger partial charge in [0.1, 0.15) is 0 Å². The van der Waals surface area contributed by atoms with Gasteiger partial charge in [0.15, 0.2) is 17.1 Å². The molecule has 0 radical (unpaired) electrons. The van der Waals surface area contributed by atoms with E-state index in [1.807, 2.05) is 6.92 Å². The van der Waals surface area contributed by atoms with Crippen molar-refractivity contribution >= 4 is 17.5 Å². The number of anilines is 1. The Morgan fingerprint density at radius 1 is 1.26 bits per heavy atom. The average molecular weight is 376 g/mol. The Morgan fingerprint density at radius 3 is 2.59 bits per heavy atom. The van der Waals surface area contributed by atoms with Crippen molar-refractivity contribution in [3.05, 3.63) is 53.5 Å². The van der Waals surface area contributed by atoms with Crippen molar-refractivity contribution in [3.8, 4) is 11.3 Å². The van der Waals surface area contributed by atoms with Gasteiger partial charge < -0.3 is 10.8 Å². The van der Waals surface area contributed by atoms with Gasteiger partial charge in [0.25, 0.3) is 0 Å². The number of hydrogen-bond acceptors (Lipinski definition) is 4. The maximum absolute atomic E-state index is 13.2. The number of allylic oxidation sites excluding steroid dienone is 1. The van der Waals surface area contributed by atoms with Gasteiger partial charge in [-0.2, -0.15) is 13.2 Å². The largest absolute Gasteiger partial charge is 0.421 e. The van der Waals surface area contributed by atoms with E-state index >= 15 is 0 Å². The van der Waals surface area contributed by atoms with Gasteiger partial charge in [-0.25, -0.2) is 9.97 Å². The van der Waals surface area contributed by atoms with Gasteiger partial charge >= 0.3 is 6.18 Å². The zero-order valence-corrected chi connectivity index (χ0v) is 15.0. The maximum Gasteiger partial charge on any atom is 0.421 e. The van der Waals surface area contributed by atoms with E-state index in [9.17, 15) is 18.3 Å². The fourth-order valence-electron chi connectivity index (χ4n) is 2.85. The van der Waals surface area contributed by atoms with Crippen molar-refractivity contribution in [3.63, 3.8) is 0 Å². The molecule has 0 aliphatic heterocycles. The van der Waals surface area contributed by atoms with E-state index < -0.39 is 11.8 Å². The summed E-state index contributed by atoms with van der Waals surface area (Å²) >= 11 is 0. The summed E-state index contributed by atoms with van der Waals surface area (Å²) in [4.78, 5) is 8.47. The van der Waals surface area contributed by atoms with Crippen molar-refractivity contribution in [1.82, 2.24) is 14.4 Å². The molecule has 0 spiro atoms. The second-order valence-electron chi connectivity index (χ2n) is 6.49. The van der Waals surface area contributed by atoms with Crippen molar-refractivity contribution in [2.75, 3.05) is 5.73 Å². The van der Waals surface area contributed by atoms with Crippen LogP contribution in [0.25, 0.3) is 23.0 Å². The molecule has 2 aromatic heterocycles. The molecule has 27 heavy (non-hydrogen) atoms. The van der Waals surface area contributed by atoms with E-state index in [0.29, 0.717) is 22.6 Å². The number of nitrogen functional groups attached to an aromatic ring is 1. The van der Waals surface area contributed by atoms with Gasteiger partial charge in [-0.05, 0) is 44.0 Å². The molecule has 0 amide bonds. The molecular weight excluding hydrogens is 357 g/mol. The lowest BCUT2D eigenvalue weighted by atomic mass is 9.91. The van der Waals surface area contributed by atoms with Crippen LogP contribution in [0.5, 0.6) is 0 Å². The molecule has 0 aliphatic rings. The lowest BCUT2D eigenvalue weighted by Crippen LogP contribution is -2.39. The average Bonchev–Trinajstić information content (AvgIpc) is 2.98. The number of halogens is 3. The molecule has 0 saturated heterocycles. The predicted octanol–water partition coefficient (Wildman–Crippen LogP) is 4.09. The first kappa shape index (κ1) is 18.9. The fourth-order valence-corrected chi connectivity index (χ4v) is 2.85. The molecule has 5 nitrogen and oxygen atoms in total. The van der Waals surface area contributed by atoms with E-state index in [2.05, 4.69) is 9.97 Å². The Morgan fingerprint density at radius 2 is 1.96 bits per heavy atom. The molecule has 142 valence electrons. The SMILES string of the molecule is C/C=C/c1cn2c(-c3cc(C(C)(O)C(F)(F)F)ccc3C)cnc2c(N)n1. The minimum absolute atomic E-state index is 0.216. The number of aryl methyl sites for hydroxylation is 1. The summed E-state index contributed by atoms with van der Waals surface area (Å²) in [5.41, 5.74) is 5.56. The number of benzene rings is 1. The quantitative estimate of drug-likeness (QED) is 0.722. The number of rotatable bonds is 3. The van der Waals surface area contributed by atoms with Crippen LogP contribution in [0.15, 0.2) is 36.7 Å². The monoisotopic (exact) mass is 376 g/mol. The number of nitrogens with two attached hydrogens (primary N) is 1. The van der Waals surface area contributed by atoms with Crippen LogP contribution in [0.2, 0.25) is 0 Å². The van der Waals surface area contributed by atoms with Crippen LogP contribution in [-0.4, -0.2) is 25.7 Å². The number of fused-ring (bicyclic) bond motifs is 1. The third-order valence-electron chi connectivity index (χ3n) is 4.50. The highest BCUT2D eigenvalue weighted by atomic mass is 19.4. The summed E-state index contributed by atoms with van der Waals surface area (Å²) in [5, 5.41) is 10.0. The molecule has 0 fully saturated rings. The summed E-state index contributed by atoms with van der Waals surface area (Å²) in [7, 11) is 0. The first-order valence-corrected chi connectivity index (χ1v) is 8.23. The highest BCUT2D eigenvalue weighted by molar-refractivity contribution is 5.73. The third-order valence-corrected chi connectivity index (χ3v) is 4.50. The number of aromatic nitrogens is 3. The van der Waals surface area contributed by atoms with Crippen LogP contribution in [0.3, 0.4) is 0 Å². The summed E-state index contributed by atoms with van der Waals surface area (Å²) in [5.74, 6) is 0.216. The highest BCUT2D eigenvalue weighted by Gasteiger charge is 2.51. The zero-order chi connectivity index (χ0) is 20.0. The molecule has 2 heterocycles. The van der Waals surface area contributed by atoms with Gasteiger partial charge in [-0.15, -0.1) is 0 Å². The van der Waals surface area contributed by atoms with Gasteiger partial charge in [0, 0.05) is 11.8 Å². The summed E-state index contributed by atoms with van der Waals surface area (Å²) in [6.07, 6.45) is 2.00. The lowest BCUT2D eigenvalue weighted by Gasteiger charge is -2.27. The Hall–Kier alpha value is -2.87. The van der Waals surface area contributed by atoms with Crippen molar-refractivity contribution < 1.29 is 18.3 Å². The normalized spacial score (nSPS) is 14.8. The van der Waals surface area contributed by atoms with E-state index in [1.165, 1.54) is 18.3 Å². The van der Waals surface area contributed by atoms with Crippen molar-refractivity contribution in [1.29, 1.82) is 0 Å². The molecular formula is C19H19F3N4O. The minimum Gasteiger partial charge on any atom is -0.381 e. The first-order chi connectivity index (χ1) is 12.6. The van der Waals surface area contributed by atoms with Gasteiger partial charge in [-0.1, -0.05) is 18.2 Å². The molecule has 3 N–H and O–H groups in total. The van der Waals surface area contributed by atoms with Crippen LogP contribution >= 0.6 is 0 Å². The van der Waals surface area contributed by atoms with Crippen LogP contribution in [0.4, 0.5) is 19.0 Å². The topological polar surface area (TPSA) is 76.4 Å². The number of aliphatic hydroxyl groups is 1. The molecule has 3 rings (SSSR count). The van der Waals surface area contributed by atoms with E-state index in [1.54, 1.807) is 35.7 Å². The lowest BCUT2D eigenvalue weighted by molar-refractivity contribution is -0.258. The second-order valence-corrected chi connectivity index (χ2v) is 6.49. The minimum atomic E-state index is -4.80. The zero-order valence-electron chi connectivity index (χ0n) is 15.0. The predicted molar refractivity (Wildman–Crippen MR) is 97.9 cm³/mol. The summed E-state index contributed by atoms with van der Waals surface area (Å²) < 4.78 is 41.4. The van der Waals surface area contributed by atoms with Gasteiger partial charge in [-0.3, -0.25) is 4.40 Å². The van der Waals surface area contributed by atoms with Crippen molar-refractivity contribution in [2.24, 2.45) is 0 Å². The molecule has 1 unspecified atom stereocenters. The van der Waals surface area contributed by atoms with Gasteiger partial charge in [0.2, 0.25) is 0 Å². The molecule has 0 bridgehead atoms. The number of imidazole rings is 1. The smallest absolute Gasteiger partial charge is 0.381 e. The Kier molecular flexibility index (Phi) is 4.47. The van der Waals surface area contributed by atoms with Crippen LogP contribution in [0, 0.1) is 6.92 Å². The van der Waals surface area contributed by atoms with E-state index in [0.717, 1.165) is 12.5 Å². The van der Waals surface area contributed by atoms with E-state index in [4.69, 9.17) is 5.73 Å². The third kappa shape index (κ3) is 3.16. The maximum atomic E-state index is 13.2. The standard InChI is InChI=1S/C19H19F3N4O/c1-4-5-13-10-26-15(9-24-17(26)16(23)25-13)14-8-12(7-6-11(14)2)18(3,27)19(20,21)22/h4-10,27H,1-3H3,(H2,23,25)/b5-4+. The second kappa shape index (κ2) is 6.38.